The predicted molar refractivity (Wildman–Crippen MR) is 27.2 cm³/mol. The number of nitrogens with one attached hydrogen (secondary N) is 1. The lowest BCUT2D eigenvalue weighted by Gasteiger charge is -2.11. The summed E-state index contributed by atoms with van der Waals surface area (Å²) >= 11 is 0. The Hall–Kier alpha value is -0.600. The summed E-state index contributed by atoms with van der Waals surface area (Å²) in [5.41, 5.74) is 0.833. The summed E-state index contributed by atoms with van der Waals surface area (Å²) in [4.78, 5) is 0. The predicted octanol–water partition coefficient (Wildman–Crippen LogP) is -0.200. The lowest BCUT2D eigenvalue weighted by molar-refractivity contribution is -0.743. The van der Waals surface area contributed by atoms with E-state index in [9.17, 15) is 5.21 Å². The average molecular weight is 97.1 g/mol. The highest BCUT2D eigenvalue weighted by Crippen LogP contribution is 1.85. The topological polar surface area (TPSA) is 27.5 Å². The summed E-state index contributed by atoms with van der Waals surface area (Å²) < 4.78 is 0. The van der Waals surface area contributed by atoms with Crippen molar-refractivity contribution in [2.75, 3.05) is 0 Å². The maximum absolute atomic E-state index is 10.4. The Labute approximate surface area is 42.3 Å². The molecule has 0 bridgehead atoms. The Morgan fingerprint density at radius 1 is 1.71 bits per heavy atom. The average Bonchev–Trinajstić information content (AvgIpc) is 1.91. The van der Waals surface area contributed by atoms with Crippen LogP contribution in [0.5, 0.6) is 0 Å². The molecule has 2 heteroatoms. The molecule has 0 radical (unpaired) electrons. The van der Waals surface area contributed by atoms with Gasteiger partial charge in [0.25, 0.3) is 0 Å². The van der Waals surface area contributed by atoms with Crippen LogP contribution in [-0.4, -0.2) is 0 Å². The van der Waals surface area contributed by atoms with Crippen molar-refractivity contribution in [3.8, 4) is 0 Å². The molecule has 1 unspecified atom stereocenters. The van der Waals surface area contributed by atoms with Gasteiger partial charge in [-0.1, -0.05) is 0 Å². The van der Waals surface area contributed by atoms with Gasteiger partial charge in [0.05, 0.1) is 6.20 Å². The van der Waals surface area contributed by atoms with E-state index < -0.39 is 0 Å². The van der Waals surface area contributed by atoms with Crippen molar-refractivity contribution in [2.24, 2.45) is 0 Å². The molecule has 1 heterocycles. The molecule has 0 saturated carbocycles. The van der Waals surface area contributed by atoms with E-state index in [1.165, 1.54) is 0 Å². The van der Waals surface area contributed by atoms with Gasteiger partial charge in [0.2, 0.25) is 0 Å². The largest absolute Gasteiger partial charge is 0.624 e. The minimum atomic E-state index is 0.139. The Kier molecular flexibility index (Phi) is 0.964. The van der Waals surface area contributed by atoms with Crippen LogP contribution in [0.3, 0.4) is 0 Å². The molecule has 0 amide bonds. The van der Waals surface area contributed by atoms with Gasteiger partial charge in [0.1, 0.15) is 5.70 Å². The third-order valence-electron chi connectivity index (χ3n) is 0.982. The van der Waals surface area contributed by atoms with Gasteiger partial charge in [-0.05, 0) is 6.08 Å². The number of hydrogen-bond donors (Lipinski definition) is 1. The van der Waals surface area contributed by atoms with Gasteiger partial charge in [-0.25, -0.2) is 0 Å². The van der Waals surface area contributed by atoms with E-state index in [2.05, 4.69) is 0 Å². The van der Waals surface area contributed by atoms with Gasteiger partial charge in [-0.3, -0.25) is 0 Å². The molecule has 1 N–H and O–H groups in total. The molecular weight excluding hydrogens is 90.1 g/mol. The van der Waals surface area contributed by atoms with Gasteiger partial charge < -0.3 is 10.3 Å². The Morgan fingerprint density at radius 2 is 2.43 bits per heavy atom. The molecule has 0 aromatic heterocycles. The minimum Gasteiger partial charge on any atom is -0.624 e. The summed E-state index contributed by atoms with van der Waals surface area (Å²) in [5, 5.41) is 10.6. The van der Waals surface area contributed by atoms with Crippen LogP contribution in [-0.2, 0) is 0 Å². The molecular formula is C5H7NO. The molecule has 1 atom stereocenters. The Morgan fingerprint density at radius 3 is 2.57 bits per heavy atom. The summed E-state index contributed by atoms with van der Waals surface area (Å²) in [7, 11) is 0. The molecule has 0 saturated heterocycles. The third-order valence-corrected chi connectivity index (χ3v) is 0.982. The van der Waals surface area contributed by atoms with E-state index in [4.69, 9.17) is 0 Å². The van der Waals surface area contributed by atoms with Crippen LogP contribution in [0.25, 0.3) is 0 Å². The maximum atomic E-state index is 10.4. The Bertz CT molecular complexity index is 126. The summed E-state index contributed by atoms with van der Waals surface area (Å²) in [6, 6.07) is 0. The minimum absolute atomic E-state index is 0.139. The fourth-order valence-corrected chi connectivity index (χ4v) is 0.493. The van der Waals surface area contributed by atoms with E-state index >= 15 is 0 Å². The van der Waals surface area contributed by atoms with Gasteiger partial charge in [0.15, 0.2) is 0 Å². The van der Waals surface area contributed by atoms with Gasteiger partial charge >= 0.3 is 0 Å². The monoisotopic (exact) mass is 97.1 g/mol. The second kappa shape index (κ2) is 1.48. The van der Waals surface area contributed by atoms with Crippen molar-refractivity contribution in [1.82, 2.24) is 0 Å². The molecule has 0 aromatic rings. The molecule has 0 fully saturated rings. The molecule has 0 aromatic carbocycles. The van der Waals surface area contributed by atoms with Gasteiger partial charge in [0, 0.05) is 13.0 Å². The van der Waals surface area contributed by atoms with Gasteiger partial charge in [-0.2, -0.15) is 0 Å². The lowest BCUT2D eigenvalue weighted by atomic mass is 10.5. The molecule has 38 valence electrons. The van der Waals surface area contributed by atoms with E-state index in [-0.39, 0.29) is 5.06 Å². The molecule has 0 spiro atoms. The zero-order valence-electron chi connectivity index (χ0n) is 4.14. The number of quaternary nitrogens is 1. The van der Waals surface area contributed by atoms with Crippen molar-refractivity contribution >= 4 is 0 Å². The van der Waals surface area contributed by atoms with Crippen molar-refractivity contribution in [3.05, 3.63) is 29.3 Å². The van der Waals surface area contributed by atoms with E-state index in [1.807, 2.05) is 13.0 Å². The maximum Gasteiger partial charge on any atom is 0.109 e. The zero-order chi connectivity index (χ0) is 5.28. The third kappa shape index (κ3) is 0.706. The standard InChI is InChI=1S/C5H7NO/c1-5-3-2-4-6(5)7/h2-4,6H,1H3. The number of allylic oxidation sites excluding steroid dienone is 3. The quantitative estimate of drug-likeness (QED) is 0.416. The molecule has 1 rings (SSSR count). The van der Waals surface area contributed by atoms with Crippen LogP contribution < -0.4 is 5.06 Å². The van der Waals surface area contributed by atoms with Crippen LogP contribution in [0.1, 0.15) is 6.92 Å². The number of rotatable bonds is 0. The zero-order valence-corrected chi connectivity index (χ0v) is 4.14. The highest BCUT2D eigenvalue weighted by molar-refractivity contribution is 5.08. The summed E-state index contributed by atoms with van der Waals surface area (Å²) in [6.07, 6.45) is 5.13. The molecule has 2 nitrogen and oxygen atoms in total. The van der Waals surface area contributed by atoms with Crippen LogP contribution in [0.15, 0.2) is 24.0 Å². The smallest absolute Gasteiger partial charge is 0.109 e. The Balaban J connectivity index is 2.69. The van der Waals surface area contributed by atoms with Crippen LogP contribution in [0, 0.1) is 5.21 Å². The first-order valence-electron chi connectivity index (χ1n) is 2.20. The molecule has 7 heavy (non-hydrogen) atoms. The summed E-state index contributed by atoms with van der Waals surface area (Å²) in [5.74, 6) is 0. The van der Waals surface area contributed by atoms with E-state index in [0.717, 1.165) is 5.70 Å². The molecule has 1 aliphatic heterocycles. The summed E-state index contributed by atoms with van der Waals surface area (Å²) in [6.45, 7) is 1.81. The SMILES string of the molecule is CC1=CC=C[NH+]1[O-]. The second-order valence-corrected chi connectivity index (χ2v) is 1.57. The first kappa shape index (κ1) is 4.56. The fraction of sp³-hybridized carbons (Fsp3) is 0.200. The normalized spacial score (nSPS) is 28.3. The van der Waals surface area contributed by atoms with E-state index in [1.54, 1.807) is 12.3 Å². The molecule has 1 aliphatic rings. The van der Waals surface area contributed by atoms with Gasteiger partial charge in [-0.15, -0.1) is 0 Å². The van der Waals surface area contributed by atoms with Crippen LogP contribution >= 0.6 is 0 Å². The second-order valence-electron chi connectivity index (χ2n) is 1.57. The van der Waals surface area contributed by atoms with Crippen molar-refractivity contribution < 1.29 is 5.06 Å². The van der Waals surface area contributed by atoms with Crippen LogP contribution in [0.2, 0.25) is 0 Å². The number of hydrogen-bond acceptors (Lipinski definition) is 1. The first-order valence-corrected chi connectivity index (χ1v) is 2.20. The van der Waals surface area contributed by atoms with Crippen molar-refractivity contribution in [1.29, 1.82) is 0 Å². The highest BCUT2D eigenvalue weighted by atomic mass is 16.5. The van der Waals surface area contributed by atoms with Crippen LogP contribution in [0.4, 0.5) is 0 Å². The van der Waals surface area contributed by atoms with Crippen molar-refractivity contribution in [2.45, 2.75) is 6.92 Å². The van der Waals surface area contributed by atoms with Crippen molar-refractivity contribution in [3.63, 3.8) is 0 Å². The fourth-order valence-electron chi connectivity index (χ4n) is 0.493. The molecule has 0 aliphatic carbocycles. The number of hydroxylamine groups is 2. The highest BCUT2D eigenvalue weighted by Gasteiger charge is 1.97. The van der Waals surface area contributed by atoms with E-state index in [0.29, 0.717) is 0 Å². The lowest BCUT2D eigenvalue weighted by Crippen LogP contribution is -2.98. The first-order chi connectivity index (χ1) is 3.30.